The lowest BCUT2D eigenvalue weighted by molar-refractivity contribution is 0.207. The lowest BCUT2D eigenvalue weighted by Gasteiger charge is -2.36. The summed E-state index contributed by atoms with van der Waals surface area (Å²) in [6.07, 6.45) is 1.61. The number of para-hydroxylation sites is 2. The minimum absolute atomic E-state index is 0.0154. The maximum Gasteiger partial charge on any atom is 0.326 e. The monoisotopic (exact) mass is 382 g/mol. The molecule has 0 unspecified atom stereocenters. The maximum absolute atomic E-state index is 12.9. The molecule has 0 amide bonds. The molecular formula is C20H22N4O2S. The third-order valence-electron chi connectivity index (χ3n) is 5.43. The van der Waals surface area contributed by atoms with E-state index in [1.165, 1.54) is 9.87 Å². The Labute approximate surface area is 160 Å². The van der Waals surface area contributed by atoms with E-state index in [-0.39, 0.29) is 6.04 Å². The van der Waals surface area contributed by atoms with Crippen molar-refractivity contribution in [2.24, 2.45) is 0 Å². The molecule has 0 aromatic heterocycles. The summed E-state index contributed by atoms with van der Waals surface area (Å²) in [6, 6.07) is 17.3. The summed E-state index contributed by atoms with van der Waals surface area (Å²) in [5.74, 6) is 0. The van der Waals surface area contributed by atoms with E-state index in [2.05, 4.69) is 11.0 Å². The topological polar surface area (TPSA) is 67.7 Å². The Morgan fingerprint density at radius 1 is 1.04 bits per heavy atom. The first-order valence-electron chi connectivity index (χ1n) is 9.09. The second-order valence-corrected chi connectivity index (χ2v) is 8.91. The molecule has 6 nitrogen and oxygen atoms in total. The van der Waals surface area contributed by atoms with Crippen LogP contribution in [0.1, 0.15) is 24.0 Å². The largest absolute Gasteiger partial charge is 0.326 e. The lowest BCUT2D eigenvalue weighted by Crippen LogP contribution is -2.48. The van der Waals surface area contributed by atoms with Gasteiger partial charge in [-0.1, -0.05) is 24.3 Å². The van der Waals surface area contributed by atoms with Gasteiger partial charge in [-0.15, -0.1) is 0 Å². The molecule has 0 saturated carbocycles. The molecule has 0 radical (unpaired) electrons. The molecule has 4 rings (SSSR count). The smallest absolute Gasteiger partial charge is 0.299 e. The van der Waals surface area contributed by atoms with Gasteiger partial charge in [-0.25, -0.2) is 4.31 Å². The predicted octanol–water partition coefficient (Wildman–Crippen LogP) is 2.72. The summed E-state index contributed by atoms with van der Waals surface area (Å²) in [5.41, 5.74) is 3.37. The fraction of sp³-hybridized carbons (Fsp3) is 0.350. The minimum atomic E-state index is -3.49. The van der Waals surface area contributed by atoms with Crippen LogP contribution in [-0.4, -0.2) is 39.5 Å². The van der Waals surface area contributed by atoms with Gasteiger partial charge in [0.05, 0.1) is 23.0 Å². The molecule has 0 spiro atoms. The van der Waals surface area contributed by atoms with Crippen LogP contribution in [0.25, 0.3) is 0 Å². The Hall–Kier alpha value is -2.56. The summed E-state index contributed by atoms with van der Waals surface area (Å²) in [6.45, 7) is 2.52. The van der Waals surface area contributed by atoms with Gasteiger partial charge in [0.25, 0.3) is 0 Å². The molecule has 27 heavy (non-hydrogen) atoms. The van der Waals surface area contributed by atoms with Crippen molar-refractivity contribution in [3.8, 4) is 6.07 Å². The van der Waals surface area contributed by atoms with Gasteiger partial charge in [-0.05, 0) is 42.7 Å². The molecule has 2 aliphatic rings. The van der Waals surface area contributed by atoms with Crippen molar-refractivity contribution in [2.45, 2.75) is 25.4 Å². The average molecular weight is 382 g/mol. The van der Waals surface area contributed by atoms with Crippen molar-refractivity contribution < 1.29 is 8.42 Å². The third kappa shape index (κ3) is 3.15. The number of nitrogens with zero attached hydrogens (tertiary/aromatic N) is 4. The quantitative estimate of drug-likeness (QED) is 0.819. The highest BCUT2D eigenvalue weighted by Crippen LogP contribution is 2.42. The van der Waals surface area contributed by atoms with E-state index in [1.807, 2.05) is 48.5 Å². The van der Waals surface area contributed by atoms with Gasteiger partial charge in [-0.3, -0.25) is 9.21 Å². The molecule has 2 aromatic rings. The molecule has 1 fully saturated rings. The van der Waals surface area contributed by atoms with Crippen LogP contribution in [0.3, 0.4) is 0 Å². The van der Waals surface area contributed by atoms with E-state index in [0.717, 1.165) is 43.9 Å². The molecule has 140 valence electrons. The van der Waals surface area contributed by atoms with Crippen LogP contribution in [0.5, 0.6) is 0 Å². The molecule has 0 aliphatic carbocycles. The van der Waals surface area contributed by atoms with E-state index in [1.54, 1.807) is 11.4 Å². The number of piperidine rings is 1. The molecular weight excluding hydrogens is 360 g/mol. The predicted molar refractivity (Wildman–Crippen MR) is 106 cm³/mol. The Bertz CT molecular complexity index is 974. The van der Waals surface area contributed by atoms with Gasteiger partial charge in [0, 0.05) is 32.7 Å². The van der Waals surface area contributed by atoms with Crippen LogP contribution in [0.4, 0.5) is 11.4 Å². The summed E-state index contributed by atoms with van der Waals surface area (Å²) in [4.78, 5) is 2.34. The van der Waals surface area contributed by atoms with Crippen LogP contribution in [0, 0.1) is 11.3 Å². The molecule has 0 N–H and O–H groups in total. The molecule has 0 atom stereocenters. The Morgan fingerprint density at radius 3 is 2.30 bits per heavy atom. The maximum atomic E-state index is 12.9. The van der Waals surface area contributed by atoms with E-state index in [0.29, 0.717) is 5.56 Å². The highest BCUT2D eigenvalue weighted by atomic mass is 32.2. The molecule has 7 heteroatoms. The summed E-state index contributed by atoms with van der Waals surface area (Å²) in [7, 11) is -1.87. The molecule has 2 aliphatic heterocycles. The minimum Gasteiger partial charge on any atom is -0.299 e. The van der Waals surface area contributed by atoms with Gasteiger partial charge in [0.15, 0.2) is 0 Å². The zero-order chi connectivity index (χ0) is 19.0. The Kier molecular flexibility index (Phi) is 4.54. The molecule has 2 aromatic carbocycles. The van der Waals surface area contributed by atoms with Gasteiger partial charge < -0.3 is 0 Å². The molecule has 2 heterocycles. The summed E-state index contributed by atoms with van der Waals surface area (Å²) < 4.78 is 28.8. The fourth-order valence-corrected chi connectivity index (χ4v) is 5.59. The van der Waals surface area contributed by atoms with Crippen LogP contribution >= 0.6 is 0 Å². The average Bonchev–Trinajstić information content (AvgIpc) is 2.89. The van der Waals surface area contributed by atoms with E-state index >= 15 is 0 Å². The van der Waals surface area contributed by atoms with Crippen LogP contribution in [0.2, 0.25) is 0 Å². The number of anilines is 2. The fourth-order valence-electron chi connectivity index (χ4n) is 3.94. The number of hydrogen-bond acceptors (Lipinski definition) is 4. The van der Waals surface area contributed by atoms with E-state index < -0.39 is 10.2 Å². The number of benzene rings is 2. The first-order valence-corrected chi connectivity index (χ1v) is 10.5. The van der Waals surface area contributed by atoms with Gasteiger partial charge >= 0.3 is 10.2 Å². The van der Waals surface area contributed by atoms with Crippen molar-refractivity contribution in [3.63, 3.8) is 0 Å². The van der Waals surface area contributed by atoms with Crippen molar-refractivity contribution in [2.75, 3.05) is 28.7 Å². The first-order chi connectivity index (χ1) is 13.0. The highest BCUT2D eigenvalue weighted by Gasteiger charge is 2.42. The van der Waals surface area contributed by atoms with Crippen molar-refractivity contribution in [1.82, 2.24) is 4.90 Å². The number of likely N-dealkylation sites (tertiary alicyclic amines) is 1. The summed E-state index contributed by atoms with van der Waals surface area (Å²) in [5, 5.41) is 8.90. The number of rotatable bonds is 3. The number of fused-ring (bicyclic) bond motifs is 1. The van der Waals surface area contributed by atoms with Crippen LogP contribution in [-0.2, 0) is 16.8 Å². The third-order valence-corrected chi connectivity index (χ3v) is 7.31. The number of hydrogen-bond donors (Lipinski definition) is 0. The van der Waals surface area contributed by atoms with Crippen molar-refractivity contribution >= 4 is 21.6 Å². The van der Waals surface area contributed by atoms with E-state index in [9.17, 15) is 8.42 Å². The number of nitriles is 1. The van der Waals surface area contributed by atoms with Gasteiger partial charge in [0.1, 0.15) is 0 Å². The molecule has 0 bridgehead atoms. The normalized spacial score (nSPS) is 19.7. The van der Waals surface area contributed by atoms with E-state index in [4.69, 9.17) is 5.26 Å². The van der Waals surface area contributed by atoms with Gasteiger partial charge in [-0.2, -0.15) is 13.7 Å². The zero-order valence-corrected chi connectivity index (χ0v) is 16.1. The van der Waals surface area contributed by atoms with Gasteiger partial charge in [0.2, 0.25) is 0 Å². The van der Waals surface area contributed by atoms with Crippen LogP contribution in [0.15, 0.2) is 48.5 Å². The second-order valence-electron chi connectivity index (χ2n) is 7.08. The first kappa shape index (κ1) is 17.8. The van der Waals surface area contributed by atoms with Crippen molar-refractivity contribution in [3.05, 3.63) is 59.7 Å². The lowest BCUT2D eigenvalue weighted by atomic mass is 10.0. The Balaban J connectivity index is 1.45. The second kappa shape index (κ2) is 6.87. The Morgan fingerprint density at radius 2 is 1.67 bits per heavy atom. The van der Waals surface area contributed by atoms with Crippen molar-refractivity contribution in [1.29, 1.82) is 5.26 Å². The molecule has 1 saturated heterocycles. The summed E-state index contributed by atoms with van der Waals surface area (Å²) >= 11 is 0. The van der Waals surface area contributed by atoms with Crippen LogP contribution < -0.4 is 8.61 Å². The highest BCUT2D eigenvalue weighted by molar-refractivity contribution is 7.94. The standard InChI is InChI=1S/C20H22N4O2S/c1-22-19-4-2-3-5-20(19)24(27(22,25)26)18-10-12-23(13-11-18)15-17-8-6-16(14-21)7-9-17/h2-9,18H,10-13,15H2,1H3. The SMILES string of the molecule is CN1c2ccccc2N(C2CCN(Cc3ccc(C#N)cc3)CC2)S1(=O)=O. The zero-order valence-electron chi connectivity index (χ0n) is 15.2.